The van der Waals surface area contributed by atoms with Crippen LogP contribution >= 0.6 is 0 Å². The van der Waals surface area contributed by atoms with Crippen molar-refractivity contribution in [1.82, 2.24) is 14.8 Å². The van der Waals surface area contributed by atoms with Gasteiger partial charge in [0.25, 0.3) is 0 Å². The molecule has 0 saturated carbocycles. The number of likely N-dealkylation sites (tertiary alicyclic amines) is 1. The number of hydrogen-bond donors (Lipinski definition) is 1. The first-order valence-electron chi connectivity index (χ1n) is 12.0. The Bertz CT molecular complexity index is 1250. The van der Waals surface area contributed by atoms with Crippen LogP contribution in [0.4, 0.5) is 0 Å². The van der Waals surface area contributed by atoms with Crippen LogP contribution in [0.25, 0.3) is 16.5 Å². The van der Waals surface area contributed by atoms with E-state index in [0.29, 0.717) is 12.1 Å². The van der Waals surface area contributed by atoms with Gasteiger partial charge in [-0.15, -0.1) is 0 Å². The second kappa shape index (κ2) is 7.77. The number of ether oxygens (including phenoxy) is 1. The van der Waals surface area contributed by atoms with Crippen LogP contribution in [0.3, 0.4) is 0 Å². The highest BCUT2D eigenvalue weighted by atomic mass is 16.5. The summed E-state index contributed by atoms with van der Waals surface area (Å²) in [5.74, 6) is 1.02. The fraction of sp³-hybridized carbons (Fsp3) is 0.393. The molecule has 1 fully saturated rings. The molecule has 3 heterocycles. The van der Waals surface area contributed by atoms with Crippen molar-refractivity contribution in [3.8, 4) is 5.75 Å². The molecule has 1 aromatic heterocycles. The van der Waals surface area contributed by atoms with Gasteiger partial charge in [0.1, 0.15) is 5.75 Å². The van der Waals surface area contributed by atoms with Gasteiger partial charge in [0.05, 0.1) is 13.0 Å². The van der Waals surface area contributed by atoms with E-state index in [1.54, 1.807) is 7.11 Å². The van der Waals surface area contributed by atoms with Gasteiger partial charge in [0.2, 0.25) is 5.91 Å². The number of benzene rings is 2. The lowest BCUT2D eigenvalue weighted by Gasteiger charge is -2.49. The van der Waals surface area contributed by atoms with Gasteiger partial charge in [0, 0.05) is 48.3 Å². The fourth-order valence-corrected chi connectivity index (χ4v) is 6.30. The monoisotopic (exact) mass is 441 g/mol. The first kappa shape index (κ1) is 20.5. The quantitative estimate of drug-likeness (QED) is 0.642. The molecule has 2 aromatic carbocycles. The van der Waals surface area contributed by atoms with E-state index in [-0.39, 0.29) is 17.9 Å². The smallest absolute Gasteiger partial charge is 0.231 e. The molecule has 1 saturated heterocycles. The number of nitrogens with one attached hydrogen (secondary N) is 1. The molecular weight excluding hydrogens is 410 g/mol. The van der Waals surface area contributed by atoms with Crippen LogP contribution < -0.4 is 4.74 Å². The minimum absolute atomic E-state index is 0.122. The number of fused-ring (bicyclic) bond motifs is 2. The predicted octanol–water partition coefficient (Wildman–Crippen LogP) is 4.63. The molecule has 4 atom stereocenters. The van der Waals surface area contributed by atoms with Crippen molar-refractivity contribution in [1.29, 1.82) is 0 Å². The van der Waals surface area contributed by atoms with E-state index in [1.807, 2.05) is 12.1 Å². The molecular formula is C28H31N3O2. The normalized spacial score (nSPS) is 26.5. The standard InChI is InChI=1S/C28H31N3O2/c1-17-10-18(2)31(17)28(32)21-12-24-23-8-5-9-25-27(23)20(14-29-25)13-26(24)30(16-21)15-19-6-4-7-22(11-19)33-3/h4-9,11-12,14,17-18,21,26,29H,10,13,15-16H2,1-3H3/t17-,18-,21-,26+/m0/s1. The molecule has 3 aliphatic rings. The highest BCUT2D eigenvalue weighted by Crippen LogP contribution is 2.42. The van der Waals surface area contributed by atoms with Crippen LogP contribution in [-0.4, -0.2) is 52.5 Å². The number of aromatic amines is 1. The summed E-state index contributed by atoms with van der Waals surface area (Å²) >= 11 is 0. The number of carbonyl (C=O) groups is 1. The number of rotatable bonds is 4. The lowest BCUT2D eigenvalue weighted by molar-refractivity contribution is -0.146. The van der Waals surface area contributed by atoms with Crippen LogP contribution in [0.1, 0.15) is 37.0 Å². The first-order valence-corrected chi connectivity index (χ1v) is 12.0. The topological polar surface area (TPSA) is 48.6 Å². The van der Waals surface area contributed by atoms with Crippen LogP contribution in [0.2, 0.25) is 0 Å². The molecule has 1 amide bonds. The third-order valence-corrected chi connectivity index (χ3v) is 7.85. The summed E-state index contributed by atoms with van der Waals surface area (Å²) in [6.45, 7) is 5.87. The second-order valence-corrected chi connectivity index (χ2v) is 9.95. The van der Waals surface area contributed by atoms with Crippen molar-refractivity contribution in [2.45, 2.75) is 51.4 Å². The van der Waals surface area contributed by atoms with Crippen molar-refractivity contribution in [3.63, 3.8) is 0 Å². The van der Waals surface area contributed by atoms with Gasteiger partial charge >= 0.3 is 0 Å². The molecule has 1 N–H and O–H groups in total. The van der Waals surface area contributed by atoms with Crippen molar-refractivity contribution >= 4 is 22.4 Å². The average Bonchev–Trinajstić information content (AvgIpc) is 3.23. The van der Waals surface area contributed by atoms with Crippen molar-refractivity contribution in [2.24, 2.45) is 5.92 Å². The summed E-state index contributed by atoms with van der Waals surface area (Å²) in [4.78, 5) is 21.7. The highest BCUT2D eigenvalue weighted by Gasteiger charge is 2.42. The van der Waals surface area contributed by atoms with E-state index in [1.165, 1.54) is 33.2 Å². The summed E-state index contributed by atoms with van der Waals surface area (Å²) in [5, 5.41) is 1.32. The molecule has 0 bridgehead atoms. The number of carbonyl (C=O) groups excluding carboxylic acids is 1. The number of hydrogen-bond acceptors (Lipinski definition) is 3. The number of H-pyrrole nitrogens is 1. The maximum Gasteiger partial charge on any atom is 0.231 e. The lowest BCUT2D eigenvalue weighted by atomic mass is 9.78. The summed E-state index contributed by atoms with van der Waals surface area (Å²) in [6, 6.07) is 15.7. The van der Waals surface area contributed by atoms with Gasteiger partial charge in [-0.1, -0.05) is 30.3 Å². The molecule has 0 spiro atoms. The maximum atomic E-state index is 13.6. The molecule has 33 heavy (non-hydrogen) atoms. The third-order valence-electron chi connectivity index (χ3n) is 7.85. The number of methoxy groups -OCH3 is 1. The average molecular weight is 442 g/mol. The van der Waals surface area contributed by atoms with Gasteiger partial charge < -0.3 is 14.6 Å². The Morgan fingerprint density at radius 1 is 1.15 bits per heavy atom. The van der Waals surface area contributed by atoms with Crippen molar-refractivity contribution in [2.75, 3.05) is 13.7 Å². The predicted molar refractivity (Wildman–Crippen MR) is 131 cm³/mol. The highest BCUT2D eigenvalue weighted by molar-refractivity contribution is 5.99. The fourth-order valence-electron chi connectivity index (χ4n) is 6.30. The van der Waals surface area contributed by atoms with Crippen LogP contribution in [-0.2, 0) is 17.8 Å². The van der Waals surface area contributed by atoms with Gasteiger partial charge in [0.15, 0.2) is 0 Å². The zero-order chi connectivity index (χ0) is 22.7. The molecule has 0 unspecified atom stereocenters. The molecule has 170 valence electrons. The SMILES string of the molecule is COc1cccc(CN2C[C@@H](C(=O)N3[C@@H](C)C[C@@H]3C)C=C3c4cccc5[nH]cc(c45)C[C@H]32)c1. The molecule has 2 aliphatic heterocycles. The van der Waals surface area contributed by atoms with Gasteiger partial charge in [-0.25, -0.2) is 0 Å². The molecule has 3 aromatic rings. The second-order valence-electron chi connectivity index (χ2n) is 9.95. The lowest BCUT2D eigenvalue weighted by Crippen LogP contribution is -2.59. The number of nitrogens with zero attached hydrogens (tertiary/aromatic N) is 2. The zero-order valence-corrected chi connectivity index (χ0v) is 19.5. The Morgan fingerprint density at radius 3 is 2.76 bits per heavy atom. The van der Waals surface area contributed by atoms with Crippen LogP contribution in [0.15, 0.2) is 54.7 Å². The Morgan fingerprint density at radius 2 is 1.97 bits per heavy atom. The van der Waals surface area contributed by atoms with E-state index < -0.39 is 0 Å². The van der Waals surface area contributed by atoms with E-state index in [2.05, 4.69) is 71.2 Å². The Hall–Kier alpha value is -3.05. The molecule has 1 aliphatic carbocycles. The minimum Gasteiger partial charge on any atom is -0.497 e. The largest absolute Gasteiger partial charge is 0.497 e. The Balaban J connectivity index is 1.41. The van der Waals surface area contributed by atoms with Crippen molar-refractivity contribution < 1.29 is 9.53 Å². The number of amides is 1. The van der Waals surface area contributed by atoms with E-state index in [4.69, 9.17) is 4.74 Å². The van der Waals surface area contributed by atoms with Gasteiger partial charge in [-0.05, 0) is 67.2 Å². The minimum atomic E-state index is -0.122. The van der Waals surface area contributed by atoms with Gasteiger partial charge in [-0.2, -0.15) is 0 Å². The first-order chi connectivity index (χ1) is 16.0. The van der Waals surface area contributed by atoms with E-state index >= 15 is 0 Å². The molecule has 0 radical (unpaired) electrons. The molecule has 6 rings (SSSR count). The van der Waals surface area contributed by atoms with E-state index in [0.717, 1.165) is 31.7 Å². The molecule has 5 heteroatoms. The third kappa shape index (κ3) is 3.29. The van der Waals surface area contributed by atoms with Crippen LogP contribution in [0.5, 0.6) is 5.75 Å². The van der Waals surface area contributed by atoms with E-state index in [9.17, 15) is 4.79 Å². The summed E-state index contributed by atoms with van der Waals surface area (Å²) in [6.07, 6.45) is 6.51. The Kier molecular flexibility index (Phi) is 4.84. The maximum absolute atomic E-state index is 13.6. The molecule has 5 nitrogen and oxygen atoms in total. The summed E-state index contributed by atoms with van der Waals surface area (Å²) in [7, 11) is 1.71. The Labute approximate surface area is 195 Å². The van der Waals surface area contributed by atoms with Crippen LogP contribution in [0, 0.1) is 5.92 Å². The van der Waals surface area contributed by atoms with Crippen molar-refractivity contribution in [3.05, 3.63) is 71.4 Å². The summed E-state index contributed by atoms with van der Waals surface area (Å²) < 4.78 is 5.47. The number of aromatic nitrogens is 1. The summed E-state index contributed by atoms with van der Waals surface area (Å²) in [5.41, 5.74) is 6.34. The zero-order valence-electron chi connectivity index (χ0n) is 19.5. The van der Waals surface area contributed by atoms with Gasteiger partial charge in [-0.3, -0.25) is 9.69 Å².